The van der Waals surface area contributed by atoms with Crippen molar-refractivity contribution < 1.29 is 22.7 Å². The molecule has 2 atom stereocenters. The SMILES string of the molecule is O=C(N1CCOCC1)N1C[C@H](c2ccc(C(F)(F)F)cc2)C[C@H](c2nc(-c3ccc(Cl)cc3)cs2)C1. The second kappa shape index (κ2) is 10.4. The number of hydrogen-bond acceptors (Lipinski definition) is 4. The Hall–Kier alpha value is -2.62. The predicted octanol–water partition coefficient (Wildman–Crippen LogP) is 6.51. The van der Waals surface area contributed by atoms with Crippen LogP contribution >= 0.6 is 22.9 Å². The molecule has 1 aromatic heterocycles. The van der Waals surface area contributed by atoms with Crippen molar-refractivity contribution in [2.75, 3.05) is 39.4 Å². The third kappa shape index (κ3) is 5.53. The normalized spacial score (nSPS) is 21.0. The van der Waals surface area contributed by atoms with Crippen LogP contribution in [0.5, 0.6) is 0 Å². The summed E-state index contributed by atoms with van der Waals surface area (Å²) in [4.78, 5) is 21.9. The first-order valence-electron chi connectivity index (χ1n) is 11.8. The van der Waals surface area contributed by atoms with Gasteiger partial charge in [-0.15, -0.1) is 11.3 Å². The molecule has 0 bridgehead atoms. The number of piperidine rings is 1. The molecule has 36 heavy (non-hydrogen) atoms. The fourth-order valence-corrected chi connectivity index (χ4v) is 5.86. The van der Waals surface area contributed by atoms with Crippen LogP contribution in [0.4, 0.5) is 18.0 Å². The molecule has 0 aliphatic carbocycles. The quantitative estimate of drug-likeness (QED) is 0.384. The molecule has 2 aliphatic heterocycles. The minimum Gasteiger partial charge on any atom is -0.378 e. The first-order valence-corrected chi connectivity index (χ1v) is 13.0. The van der Waals surface area contributed by atoms with Crippen LogP contribution in [-0.2, 0) is 10.9 Å². The van der Waals surface area contributed by atoms with E-state index in [2.05, 4.69) is 0 Å². The third-order valence-electron chi connectivity index (χ3n) is 6.72. The van der Waals surface area contributed by atoms with E-state index in [9.17, 15) is 18.0 Å². The number of carbonyl (C=O) groups is 1. The summed E-state index contributed by atoms with van der Waals surface area (Å²) in [5, 5.41) is 3.56. The molecule has 3 aromatic rings. The molecule has 0 saturated carbocycles. The van der Waals surface area contributed by atoms with Gasteiger partial charge in [0.1, 0.15) is 0 Å². The molecule has 2 amide bonds. The Kier molecular flexibility index (Phi) is 7.23. The lowest BCUT2D eigenvalue weighted by atomic mass is 9.84. The summed E-state index contributed by atoms with van der Waals surface area (Å²) in [6, 6.07) is 12.7. The molecule has 5 rings (SSSR count). The van der Waals surface area contributed by atoms with Crippen molar-refractivity contribution in [1.29, 1.82) is 0 Å². The minimum atomic E-state index is -4.38. The molecule has 0 unspecified atom stereocenters. The number of thiazole rings is 1. The summed E-state index contributed by atoms with van der Waals surface area (Å²) < 4.78 is 44.7. The Labute approximate surface area is 216 Å². The number of alkyl halides is 3. The van der Waals surface area contributed by atoms with Crippen molar-refractivity contribution >= 4 is 29.0 Å². The Balaban J connectivity index is 1.41. The van der Waals surface area contributed by atoms with Crippen LogP contribution in [0, 0.1) is 0 Å². The summed E-state index contributed by atoms with van der Waals surface area (Å²) in [7, 11) is 0. The van der Waals surface area contributed by atoms with E-state index in [1.165, 1.54) is 12.1 Å². The molecule has 0 radical (unpaired) electrons. The zero-order chi connectivity index (χ0) is 25.3. The van der Waals surface area contributed by atoms with Crippen molar-refractivity contribution in [1.82, 2.24) is 14.8 Å². The zero-order valence-corrected chi connectivity index (χ0v) is 21.0. The van der Waals surface area contributed by atoms with E-state index in [1.54, 1.807) is 16.2 Å². The number of benzene rings is 2. The highest BCUT2D eigenvalue weighted by Crippen LogP contribution is 2.39. The lowest BCUT2D eigenvalue weighted by Crippen LogP contribution is -2.52. The van der Waals surface area contributed by atoms with Crippen LogP contribution in [0.15, 0.2) is 53.9 Å². The molecule has 2 saturated heterocycles. The zero-order valence-electron chi connectivity index (χ0n) is 19.4. The smallest absolute Gasteiger partial charge is 0.378 e. The van der Waals surface area contributed by atoms with Crippen LogP contribution in [0.3, 0.4) is 0 Å². The monoisotopic (exact) mass is 535 g/mol. The molecule has 3 heterocycles. The van der Waals surface area contributed by atoms with E-state index in [4.69, 9.17) is 21.3 Å². The second-order valence-electron chi connectivity index (χ2n) is 9.11. The molecule has 2 aliphatic rings. The van der Waals surface area contributed by atoms with Gasteiger partial charge in [-0.25, -0.2) is 9.78 Å². The predicted molar refractivity (Wildman–Crippen MR) is 133 cm³/mol. The number of ether oxygens (including phenoxy) is 1. The third-order valence-corrected chi connectivity index (χ3v) is 7.98. The number of amides is 2. The number of nitrogens with zero attached hydrogens (tertiary/aromatic N) is 3. The summed E-state index contributed by atoms with van der Waals surface area (Å²) in [6.07, 6.45) is -3.68. The van der Waals surface area contributed by atoms with Gasteiger partial charge in [-0.1, -0.05) is 35.9 Å². The maximum Gasteiger partial charge on any atom is 0.416 e. The maximum absolute atomic E-state index is 13.4. The summed E-state index contributed by atoms with van der Waals surface area (Å²) in [5.74, 6) is -0.124. The van der Waals surface area contributed by atoms with Gasteiger partial charge in [-0.05, 0) is 36.2 Å². The van der Waals surface area contributed by atoms with Crippen molar-refractivity contribution in [3.05, 3.63) is 75.1 Å². The highest BCUT2D eigenvalue weighted by atomic mass is 35.5. The van der Waals surface area contributed by atoms with E-state index in [0.29, 0.717) is 50.8 Å². The number of carbonyl (C=O) groups excluding carboxylic acids is 1. The number of halogens is 4. The van der Waals surface area contributed by atoms with Gasteiger partial charge in [-0.2, -0.15) is 13.2 Å². The molecule has 0 spiro atoms. The van der Waals surface area contributed by atoms with Crippen LogP contribution < -0.4 is 0 Å². The van der Waals surface area contributed by atoms with E-state index in [1.807, 2.05) is 34.5 Å². The van der Waals surface area contributed by atoms with E-state index in [-0.39, 0.29) is 17.9 Å². The molecule has 2 fully saturated rings. The van der Waals surface area contributed by atoms with Crippen LogP contribution in [0.1, 0.15) is 34.4 Å². The molecule has 5 nitrogen and oxygen atoms in total. The molecule has 190 valence electrons. The lowest BCUT2D eigenvalue weighted by Gasteiger charge is -2.40. The van der Waals surface area contributed by atoms with Crippen LogP contribution in [0.2, 0.25) is 5.02 Å². The molecule has 0 N–H and O–H groups in total. The number of morpholine rings is 1. The molecule has 2 aromatic carbocycles. The molecular formula is C26H25ClF3N3O2S. The van der Waals surface area contributed by atoms with E-state index < -0.39 is 11.7 Å². The van der Waals surface area contributed by atoms with Gasteiger partial charge in [0, 0.05) is 54.0 Å². The standard InChI is InChI=1S/C26H25ClF3N3O2S/c27-22-7-3-18(4-8-22)23-16-36-24(31-23)20-13-19(17-1-5-21(6-2-17)26(28,29)30)14-33(15-20)25(34)32-9-11-35-12-10-32/h1-8,16,19-20H,9-15H2/t19-,20+/m1/s1. The number of likely N-dealkylation sites (tertiary alicyclic amines) is 1. The number of hydrogen-bond donors (Lipinski definition) is 0. The Bertz CT molecular complexity index is 1190. The molecular weight excluding hydrogens is 511 g/mol. The first kappa shape index (κ1) is 25.0. The van der Waals surface area contributed by atoms with Gasteiger partial charge in [0.2, 0.25) is 0 Å². The average molecular weight is 536 g/mol. The average Bonchev–Trinajstić information content (AvgIpc) is 3.39. The topological polar surface area (TPSA) is 45.7 Å². The van der Waals surface area contributed by atoms with Gasteiger partial charge >= 0.3 is 12.2 Å². The van der Waals surface area contributed by atoms with Crippen LogP contribution in [-0.4, -0.2) is 60.2 Å². The Morgan fingerprint density at radius 2 is 1.64 bits per heavy atom. The van der Waals surface area contributed by atoms with Crippen molar-refractivity contribution in [3.8, 4) is 11.3 Å². The van der Waals surface area contributed by atoms with Crippen molar-refractivity contribution in [3.63, 3.8) is 0 Å². The number of aromatic nitrogens is 1. The van der Waals surface area contributed by atoms with Crippen molar-refractivity contribution in [2.24, 2.45) is 0 Å². The Morgan fingerprint density at radius 1 is 0.972 bits per heavy atom. The van der Waals surface area contributed by atoms with Gasteiger partial charge in [0.05, 0.1) is 29.5 Å². The fourth-order valence-electron chi connectivity index (χ4n) is 4.80. The summed E-state index contributed by atoms with van der Waals surface area (Å²) >= 11 is 7.56. The summed E-state index contributed by atoms with van der Waals surface area (Å²) in [5.41, 5.74) is 1.92. The van der Waals surface area contributed by atoms with Gasteiger partial charge in [0.25, 0.3) is 0 Å². The van der Waals surface area contributed by atoms with Gasteiger partial charge in [-0.3, -0.25) is 0 Å². The largest absolute Gasteiger partial charge is 0.416 e. The first-order chi connectivity index (χ1) is 17.3. The van der Waals surface area contributed by atoms with Crippen molar-refractivity contribution in [2.45, 2.75) is 24.4 Å². The lowest BCUT2D eigenvalue weighted by molar-refractivity contribution is -0.137. The van der Waals surface area contributed by atoms with Gasteiger partial charge < -0.3 is 14.5 Å². The molecule has 10 heteroatoms. The fraction of sp³-hybridized carbons (Fsp3) is 0.385. The van der Waals surface area contributed by atoms with E-state index >= 15 is 0 Å². The van der Waals surface area contributed by atoms with Gasteiger partial charge in [0.15, 0.2) is 0 Å². The maximum atomic E-state index is 13.4. The second-order valence-corrected chi connectivity index (χ2v) is 10.4. The highest BCUT2D eigenvalue weighted by Gasteiger charge is 2.36. The number of urea groups is 1. The van der Waals surface area contributed by atoms with Crippen LogP contribution in [0.25, 0.3) is 11.3 Å². The Morgan fingerprint density at radius 3 is 2.31 bits per heavy atom. The van der Waals surface area contributed by atoms with E-state index in [0.717, 1.165) is 34.0 Å². The minimum absolute atomic E-state index is 0.0258. The highest BCUT2D eigenvalue weighted by molar-refractivity contribution is 7.10. The summed E-state index contributed by atoms with van der Waals surface area (Å²) in [6.45, 7) is 3.03. The number of rotatable bonds is 3.